The minimum absolute atomic E-state index is 0.525. The van der Waals surface area contributed by atoms with E-state index >= 15 is 0 Å². The van der Waals surface area contributed by atoms with Gasteiger partial charge in [0.15, 0.2) is 0 Å². The Hall–Kier alpha value is -1.84. The van der Waals surface area contributed by atoms with Gasteiger partial charge in [0.2, 0.25) is 12.8 Å². The molecule has 12 heavy (non-hydrogen) atoms. The van der Waals surface area contributed by atoms with E-state index < -0.39 is 0 Å². The molecule has 0 spiro atoms. The lowest BCUT2D eigenvalue weighted by Gasteiger charge is -2.00. The van der Waals surface area contributed by atoms with E-state index in [2.05, 4.69) is 16.7 Å². The number of benzene rings is 1. The summed E-state index contributed by atoms with van der Waals surface area (Å²) < 4.78 is 0. The lowest BCUT2D eigenvalue weighted by molar-refractivity contribution is -0.106. The highest BCUT2D eigenvalue weighted by Crippen LogP contribution is 2.12. The van der Waals surface area contributed by atoms with Crippen molar-refractivity contribution < 1.29 is 9.59 Å². The molecule has 2 amide bonds. The molecule has 0 aliphatic carbocycles. The average Bonchev–Trinajstić information content (AvgIpc) is 2.06. The van der Waals surface area contributed by atoms with Crippen molar-refractivity contribution in [2.24, 2.45) is 0 Å². The lowest BCUT2D eigenvalue weighted by atomic mass is 10.3. The standard InChI is InChI=1S/C8H7N2O2/c11-5-9-7-2-1-3-8(4-7)10-6-12/h1-2,4-6H,(H,9,11)(H,10,12). The van der Waals surface area contributed by atoms with Gasteiger partial charge in [0, 0.05) is 11.8 Å². The third-order valence-electron chi connectivity index (χ3n) is 1.24. The van der Waals surface area contributed by atoms with Crippen molar-refractivity contribution >= 4 is 24.2 Å². The second-order valence-corrected chi connectivity index (χ2v) is 2.02. The fourth-order valence-corrected chi connectivity index (χ4v) is 0.771. The van der Waals surface area contributed by atoms with Crippen LogP contribution in [0.3, 0.4) is 0 Å². The molecule has 4 nitrogen and oxygen atoms in total. The fraction of sp³-hybridized carbons (Fsp3) is 0. The summed E-state index contributed by atoms with van der Waals surface area (Å²) >= 11 is 0. The van der Waals surface area contributed by atoms with E-state index in [0.29, 0.717) is 24.2 Å². The number of nitrogens with one attached hydrogen (secondary N) is 2. The minimum Gasteiger partial charge on any atom is -0.329 e. The smallest absolute Gasteiger partial charge is 0.211 e. The number of carbonyl (C=O) groups excluding carboxylic acids is 2. The van der Waals surface area contributed by atoms with E-state index in [1.165, 1.54) is 0 Å². The quantitative estimate of drug-likeness (QED) is 0.639. The van der Waals surface area contributed by atoms with Gasteiger partial charge in [-0.05, 0) is 12.1 Å². The summed E-state index contributed by atoms with van der Waals surface area (Å²) in [5, 5.41) is 4.86. The summed E-state index contributed by atoms with van der Waals surface area (Å²) in [5.41, 5.74) is 1.14. The van der Waals surface area contributed by atoms with Crippen molar-refractivity contribution in [3.05, 3.63) is 24.3 Å². The van der Waals surface area contributed by atoms with Gasteiger partial charge in [-0.3, -0.25) is 9.59 Å². The molecule has 0 aromatic heterocycles. The van der Waals surface area contributed by atoms with Gasteiger partial charge in [-0.2, -0.15) is 0 Å². The number of amides is 2. The van der Waals surface area contributed by atoms with Crippen LogP contribution in [0, 0.1) is 6.07 Å². The highest BCUT2D eigenvalue weighted by atomic mass is 16.1. The molecule has 0 fully saturated rings. The van der Waals surface area contributed by atoms with Crippen molar-refractivity contribution in [1.82, 2.24) is 0 Å². The van der Waals surface area contributed by atoms with E-state index in [1.54, 1.807) is 18.2 Å². The van der Waals surface area contributed by atoms with Crippen LogP contribution in [0.5, 0.6) is 0 Å². The normalized spacial score (nSPS) is 8.67. The van der Waals surface area contributed by atoms with Crippen molar-refractivity contribution in [1.29, 1.82) is 0 Å². The topological polar surface area (TPSA) is 58.2 Å². The Kier molecular flexibility index (Phi) is 2.84. The van der Waals surface area contributed by atoms with Crippen LogP contribution < -0.4 is 10.6 Å². The van der Waals surface area contributed by atoms with Crippen molar-refractivity contribution in [3.8, 4) is 0 Å². The number of hydrogen-bond acceptors (Lipinski definition) is 2. The van der Waals surface area contributed by atoms with E-state index in [9.17, 15) is 9.59 Å². The molecular weight excluding hydrogens is 156 g/mol. The first-order valence-corrected chi connectivity index (χ1v) is 3.29. The number of carbonyl (C=O) groups is 2. The Morgan fingerprint density at radius 3 is 2.67 bits per heavy atom. The van der Waals surface area contributed by atoms with Gasteiger partial charge in [-0.25, -0.2) is 0 Å². The monoisotopic (exact) mass is 163 g/mol. The van der Waals surface area contributed by atoms with Gasteiger partial charge >= 0.3 is 0 Å². The Balaban J connectivity index is 2.79. The summed E-state index contributed by atoms with van der Waals surface area (Å²) in [4.78, 5) is 20.1. The van der Waals surface area contributed by atoms with Crippen LogP contribution in [-0.4, -0.2) is 12.8 Å². The predicted octanol–water partition coefficient (Wildman–Crippen LogP) is 0.623. The zero-order valence-corrected chi connectivity index (χ0v) is 6.20. The fourth-order valence-electron chi connectivity index (χ4n) is 0.771. The number of hydrogen-bond donors (Lipinski definition) is 2. The van der Waals surface area contributed by atoms with Crippen LogP contribution >= 0.6 is 0 Å². The van der Waals surface area contributed by atoms with Gasteiger partial charge in [0.05, 0.1) is 5.69 Å². The Bertz CT molecular complexity index is 261. The van der Waals surface area contributed by atoms with Gasteiger partial charge in [-0.1, -0.05) is 6.07 Å². The highest BCUT2D eigenvalue weighted by molar-refractivity contribution is 5.77. The largest absolute Gasteiger partial charge is 0.329 e. The third-order valence-corrected chi connectivity index (χ3v) is 1.24. The van der Waals surface area contributed by atoms with Gasteiger partial charge < -0.3 is 10.6 Å². The zero-order chi connectivity index (χ0) is 8.81. The molecule has 0 heterocycles. The molecule has 0 atom stereocenters. The molecule has 0 aliphatic heterocycles. The minimum atomic E-state index is 0.525. The Labute approximate surface area is 69.6 Å². The third kappa shape index (κ3) is 2.09. The molecule has 0 saturated carbocycles. The molecule has 1 aromatic carbocycles. The van der Waals surface area contributed by atoms with Gasteiger partial charge in [-0.15, -0.1) is 0 Å². The second-order valence-electron chi connectivity index (χ2n) is 2.02. The molecule has 0 saturated heterocycles. The van der Waals surface area contributed by atoms with Crippen LogP contribution in [-0.2, 0) is 9.59 Å². The number of rotatable bonds is 4. The van der Waals surface area contributed by atoms with Crippen molar-refractivity contribution in [2.75, 3.05) is 10.6 Å². The summed E-state index contributed by atoms with van der Waals surface area (Å²) in [6, 6.07) is 7.65. The van der Waals surface area contributed by atoms with E-state index in [0.717, 1.165) is 0 Å². The first-order chi connectivity index (χ1) is 5.86. The zero-order valence-electron chi connectivity index (χ0n) is 6.20. The molecule has 0 unspecified atom stereocenters. The summed E-state index contributed by atoms with van der Waals surface area (Å²) in [7, 11) is 0. The summed E-state index contributed by atoms with van der Waals surface area (Å²) in [5.74, 6) is 0. The summed E-state index contributed by atoms with van der Waals surface area (Å²) in [6.07, 6.45) is 1.12. The Morgan fingerprint density at radius 1 is 1.25 bits per heavy atom. The van der Waals surface area contributed by atoms with Crippen LogP contribution in [0.25, 0.3) is 0 Å². The molecular formula is C8H7N2O2. The Morgan fingerprint density at radius 2 is 2.00 bits per heavy atom. The maximum absolute atomic E-state index is 10.0. The molecule has 1 radical (unpaired) electrons. The van der Waals surface area contributed by atoms with Crippen LogP contribution in [0.1, 0.15) is 0 Å². The molecule has 1 rings (SSSR count). The lowest BCUT2D eigenvalue weighted by Crippen LogP contribution is -1.97. The second kappa shape index (κ2) is 4.12. The highest BCUT2D eigenvalue weighted by Gasteiger charge is 1.92. The van der Waals surface area contributed by atoms with Crippen LogP contribution in [0.2, 0.25) is 0 Å². The van der Waals surface area contributed by atoms with E-state index in [1.807, 2.05) is 0 Å². The van der Waals surface area contributed by atoms with Gasteiger partial charge in [0.25, 0.3) is 0 Å². The van der Waals surface area contributed by atoms with Crippen LogP contribution in [0.15, 0.2) is 18.2 Å². The molecule has 0 bridgehead atoms. The SMILES string of the molecule is O=CNc1[c]ccc(NC=O)c1. The first-order valence-electron chi connectivity index (χ1n) is 3.29. The average molecular weight is 163 g/mol. The molecule has 4 heteroatoms. The molecule has 61 valence electrons. The van der Waals surface area contributed by atoms with Gasteiger partial charge in [0.1, 0.15) is 0 Å². The molecule has 2 N–H and O–H groups in total. The van der Waals surface area contributed by atoms with E-state index in [-0.39, 0.29) is 0 Å². The maximum atomic E-state index is 10.0. The maximum Gasteiger partial charge on any atom is 0.211 e. The number of anilines is 2. The van der Waals surface area contributed by atoms with E-state index in [4.69, 9.17) is 0 Å². The van der Waals surface area contributed by atoms with Crippen molar-refractivity contribution in [2.45, 2.75) is 0 Å². The predicted molar refractivity (Wildman–Crippen MR) is 44.7 cm³/mol. The first kappa shape index (κ1) is 8.26. The summed E-state index contributed by atoms with van der Waals surface area (Å²) in [6.45, 7) is 0. The molecule has 1 aromatic rings. The van der Waals surface area contributed by atoms with Crippen LogP contribution in [0.4, 0.5) is 11.4 Å². The molecule has 0 aliphatic rings. The van der Waals surface area contributed by atoms with Crippen molar-refractivity contribution in [3.63, 3.8) is 0 Å².